The number of piperazine rings is 1. The molecule has 2 saturated heterocycles. The van der Waals surface area contributed by atoms with E-state index < -0.39 is 0 Å². The van der Waals surface area contributed by atoms with E-state index in [0.717, 1.165) is 50.1 Å². The first kappa shape index (κ1) is 25.0. The molecule has 0 spiro atoms. The van der Waals surface area contributed by atoms with Crippen molar-refractivity contribution in [1.29, 1.82) is 0 Å². The minimum atomic E-state index is -0.288. The average molecular weight is 528 g/mol. The van der Waals surface area contributed by atoms with Crippen molar-refractivity contribution in [1.82, 2.24) is 25.0 Å². The molecule has 2 aliphatic heterocycles. The SMILES string of the molecule is C[C@H]1CN(c2ncc(C(=O)Nc3cc[nH]n3)cc2Cl)CCN1C1CCN(Cc2ccc(Cl)cc2)CC1. The lowest BCUT2D eigenvalue weighted by Crippen LogP contribution is -2.57. The van der Waals surface area contributed by atoms with Gasteiger partial charge in [-0.05, 0) is 56.6 Å². The van der Waals surface area contributed by atoms with E-state index in [1.165, 1.54) is 18.4 Å². The molecule has 0 aliphatic carbocycles. The monoisotopic (exact) mass is 527 g/mol. The van der Waals surface area contributed by atoms with Crippen molar-refractivity contribution < 1.29 is 4.79 Å². The van der Waals surface area contributed by atoms with Crippen LogP contribution in [0.2, 0.25) is 10.0 Å². The van der Waals surface area contributed by atoms with Crippen LogP contribution in [0.1, 0.15) is 35.7 Å². The number of aromatic nitrogens is 3. The summed E-state index contributed by atoms with van der Waals surface area (Å²) in [6.07, 6.45) is 5.58. The molecule has 2 aliphatic rings. The number of nitrogens with one attached hydrogen (secondary N) is 2. The number of halogens is 2. The summed E-state index contributed by atoms with van der Waals surface area (Å²) in [7, 11) is 0. The van der Waals surface area contributed by atoms with Gasteiger partial charge in [0.15, 0.2) is 5.82 Å². The van der Waals surface area contributed by atoms with E-state index in [1.54, 1.807) is 24.5 Å². The predicted molar refractivity (Wildman–Crippen MR) is 144 cm³/mol. The van der Waals surface area contributed by atoms with E-state index in [2.05, 4.69) is 54.3 Å². The number of benzene rings is 1. The summed E-state index contributed by atoms with van der Waals surface area (Å²) in [4.78, 5) is 24.4. The van der Waals surface area contributed by atoms with Gasteiger partial charge >= 0.3 is 0 Å². The van der Waals surface area contributed by atoms with Crippen LogP contribution in [0.4, 0.5) is 11.6 Å². The van der Waals surface area contributed by atoms with E-state index in [4.69, 9.17) is 23.2 Å². The van der Waals surface area contributed by atoms with Gasteiger partial charge in [0.05, 0.1) is 10.6 Å². The van der Waals surface area contributed by atoms with Gasteiger partial charge in [-0.1, -0.05) is 35.3 Å². The van der Waals surface area contributed by atoms with E-state index in [0.29, 0.717) is 28.5 Å². The van der Waals surface area contributed by atoms with Crippen LogP contribution in [-0.2, 0) is 6.54 Å². The third-order valence-corrected chi connectivity index (χ3v) is 7.68. The maximum absolute atomic E-state index is 12.5. The van der Waals surface area contributed by atoms with Crippen LogP contribution in [-0.4, -0.2) is 75.7 Å². The smallest absolute Gasteiger partial charge is 0.258 e. The van der Waals surface area contributed by atoms with Crippen molar-refractivity contribution >= 4 is 40.7 Å². The Morgan fingerprint density at radius 2 is 1.89 bits per heavy atom. The molecule has 5 rings (SSSR count). The molecule has 1 aromatic carbocycles. The highest BCUT2D eigenvalue weighted by molar-refractivity contribution is 6.33. The van der Waals surface area contributed by atoms with Gasteiger partial charge in [-0.15, -0.1) is 0 Å². The summed E-state index contributed by atoms with van der Waals surface area (Å²) < 4.78 is 0. The molecule has 1 amide bonds. The minimum absolute atomic E-state index is 0.288. The number of amides is 1. The summed E-state index contributed by atoms with van der Waals surface area (Å²) in [5, 5.41) is 10.6. The molecule has 190 valence electrons. The maximum atomic E-state index is 12.5. The number of anilines is 2. The molecule has 0 bridgehead atoms. The minimum Gasteiger partial charge on any atom is -0.353 e. The number of aromatic amines is 1. The summed E-state index contributed by atoms with van der Waals surface area (Å²) in [5.74, 6) is 0.905. The number of piperidine rings is 1. The van der Waals surface area contributed by atoms with Crippen LogP contribution < -0.4 is 10.2 Å². The van der Waals surface area contributed by atoms with Crippen LogP contribution in [0, 0.1) is 0 Å². The molecule has 0 saturated carbocycles. The van der Waals surface area contributed by atoms with Gasteiger partial charge in [0.2, 0.25) is 0 Å². The summed E-state index contributed by atoms with van der Waals surface area (Å²) in [6, 6.07) is 12.5. The third-order valence-electron chi connectivity index (χ3n) is 7.15. The van der Waals surface area contributed by atoms with Crippen LogP contribution in [0.25, 0.3) is 0 Å². The fourth-order valence-corrected chi connectivity index (χ4v) is 5.68. The van der Waals surface area contributed by atoms with Gasteiger partial charge in [0.25, 0.3) is 5.91 Å². The molecule has 36 heavy (non-hydrogen) atoms. The van der Waals surface area contributed by atoms with Crippen LogP contribution >= 0.6 is 23.2 Å². The van der Waals surface area contributed by atoms with Gasteiger partial charge < -0.3 is 10.2 Å². The molecule has 2 N–H and O–H groups in total. The molecule has 2 fully saturated rings. The number of pyridine rings is 1. The second-order valence-corrected chi connectivity index (χ2v) is 10.5. The van der Waals surface area contributed by atoms with Crippen molar-refractivity contribution in [3.63, 3.8) is 0 Å². The summed E-state index contributed by atoms with van der Waals surface area (Å²) in [6.45, 7) is 8.17. The van der Waals surface area contributed by atoms with E-state index in [1.807, 2.05) is 12.1 Å². The Balaban J connectivity index is 1.14. The molecule has 10 heteroatoms. The largest absolute Gasteiger partial charge is 0.353 e. The van der Waals surface area contributed by atoms with Gasteiger partial charge in [0.1, 0.15) is 5.82 Å². The zero-order valence-electron chi connectivity index (χ0n) is 20.3. The normalized spacial score (nSPS) is 20.0. The fraction of sp³-hybridized carbons (Fsp3) is 0.423. The number of hydrogen-bond donors (Lipinski definition) is 2. The maximum Gasteiger partial charge on any atom is 0.258 e. The zero-order chi connectivity index (χ0) is 25.1. The lowest BCUT2D eigenvalue weighted by Gasteiger charge is -2.47. The van der Waals surface area contributed by atoms with Crippen molar-refractivity contribution in [2.45, 2.75) is 38.4 Å². The Bertz CT molecular complexity index is 1160. The van der Waals surface area contributed by atoms with Crippen molar-refractivity contribution in [3.05, 3.63) is 70.0 Å². The molecule has 0 unspecified atom stereocenters. The number of hydrogen-bond acceptors (Lipinski definition) is 6. The number of carbonyl (C=O) groups excluding carboxylic acids is 1. The Kier molecular flexibility index (Phi) is 7.76. The second kappa shape index (κ2) is 11.2. The highest BCUT2D eigenvalue weighted by atomic mass is 35.5. The predicted octanol–water partition coefficient (Wildman–Crippen LogP) is 4.54. The van der Waals surface area contributed by atoms with Crippen LogP contribution in [0.15, 0.2) is 48.8 Å². The number of likely N-dealkylation sites (tertiary alicyclic amines) is 1. The molecule has 0 radical (unpaired) electrons. The lowest BCUT2D eigenvalue weighted by atomic mass is 9.99. The van der Waals surface area contributed by atoms with E-state index in [9.17, 15) is 4.79 Å². The van der Waals surface area contributed by atoms with Gasteiger partial charge in [-0.3, -0.25) is 19.7 Å². The van der Waals surface area contributed by atoms with Crippen molar-refractivity contribution in [2.75, 3.05) is 42.9 Å². The van der Waals surface area contributed by atoms with E-state index in [-0.39, 0.29) is 5.91 Å². The number of carbonyl (C=O) groups is 1. The van der Waals surface area contributed by atoms with E-state index >= 15 is 0 Å². The van der Waals surface area contributed by atoms with Gasteiger partial charge in [-0.25, -0.2) is 4.98 Å². The molecule has 8 nitrogen and oxygen atoms in total. The first-order chi connectivity index (χ1) is 17.5. The standard InChI is InChI=1S/C26H31Cl2N7O/c1-18-16-34(25-23(28)14-20(15-29-25)26(36)31-24-6-9-30-32-24)12-13-35(18)22-7-10-33(11-8-22)17-19-2-4-21(27)5-3-19/h2-6,9,14-15,18,22H,7-8,10-13,16-17H2,1H3,(H2,30,31,32,36)/t18-/m0/s1. The molecular weight excluding hydrogens is 497 g/mol. The highest BCUT2D eigenvalue weighted by Crippen LogP contribution is 2.29. The quantitative estimate of drug-likeness (QED) is 0.489. The summed E-state index contributed by atoms with van der Waals surface area (Å²) >= 11 is 12.6. The zero-order valence-corrected chi connectivity index (χ0v) is 21.8. The third kappa shape index (κ3) is 5.83. The first-order valence-corrected chi connectivity index (χ1v) is 13.2. The van der Waals surface area contributed by atoms with Crippen LogP contribution in [0.3, 0.4) is 0 Å². The molecular formula is C26H31Cl2N7O. The van der Waals surface area contributed by atoms with Gasteiger partial charge in [-0.2, -0.15) is 5.10 Å². The number of nitrogens with zero attached hydrogens (tertiary/aromatic N) is 5. The Morgan fingerprint density at radius 3 is 2.56 bits per heavy atom. The number of H-pyrrole nitrogens is 1. The molecule has 1 atom stereocenters. The molecule has 3 aromatic rings. The summed E-state index contributed by atoms with van der Waals surface area (Å²) in [5.41, 5.74) is 1.72. The van der Waals surface area contributed by atoms with Crippen molar-refractivity contribution in [3.8, 4) is 0 Å². The second-order valence-electron chi connectivity index (χ2n) is 9.61. The first-order valence-electron chi connectivity index (χ1n) is 12.4. The topological polar surface area (TPSA) is 80.4 Å². The van der Waals surface area contributed by atoms with Crippen LogP contribution in [0.5, 0.6) is 0 Å². The molecule has 2 aromatic heterocycles. The van der Waals surface area contributed by atoms with Crippen molar-refractivity contribution in [2.24, 2.45) is 0 Å². The molecule has 4 heterocycles. The Morgan fingerprint density at radius 1 is 1.11 bits per heavy atom. The lowest BCUT2D eigenvalue weighted by molar-refractivity contribution is 0.0690. The highest BCUT2D eigenvalue weighted by Gasteiger charge is 2.32. The van der Waals surface area contributed by atoms with Gasteiger partial charge in [0, 0.05) is 61.7 Å². The Hall–Kier alpha value is -2.65. The fourth-order valence-electron chi connectivity index (χ4n) is 5.27. The number of rotatable bonds is 6. The average Bonchev–Trinajstić information content (AvgIpc) is 3.39. The Labute approximate surface area is 221 Å².